The van der Waals surface area contributed by atoms with E-state index < -0.39 is 11.7 Å². The van der Waals surface area contributed by atoms with Crippen LogP contribution >= 0.6 is 0 Å². The summed E-state index contributed by atoms with van der Waals surface area (Å²) in [6.45, 7) is 5.48. The second-order valence-electron chi connectivity index (χ2n) is 4.99. The minimum absolute atomic E-state index is 0.468. The molecule has 94 valence electrons. The standard InChI is InChI=1S/C14H16N2O2/c1-14(2,3)18-13(17)16-10-9-12(15-16)11-7-5-4-6-8-11/h4-10H,1-3H3. The lowest BCUT2D eigenvalue weighted by Gasteiger charge is -2.18. The Labute approximate surface area is 106 Å². The molecule has 4 heteroatoms. The van der Waals surface area contributed by atoms with Crippen molar-refractivity contribution in [2.75, 3.05) is 0 Å². The minimum Gasteiger partial charge on any atom is -0.442 e. The van der Waals surface area contributed by atoms with Gasteiger partial charge in [0.15, 0.2) is 0 Å². The highest BCUT2D eigenvalue weighted by Crippen LogP contribution is 2.16. The lowest BCUT2D eigenvalue weighted by Crippen LogP contribution is -2.27. The van der Waals surface area contributed by atoms with Crippen molar-refractivity contribution < 1.29 is 9.53 Å². The van der Waals surface area contributed by atoms with Crippen LogP contribution in [-0.4, -0.2) is 21.5 Å². The van der Waals surface area contributed by atoms with Crippen molar-refractivity contribution in [2.24, 2.45) is 0 Å². The molecule has 1 aromatic heterocycles. The Balaban J connectivity index is 2.19. The van der Waals surface area contributed by atoms with Gasteiger partial charge in [0.2, 0.25) is 0 Å². The maximum atomic E-state index is 11.8. The molecule has 0 amide bonds. The first kappa shape index (κ1) is 12.4. The molecular formula is C14H16N2O2. The van der Waals surface area contributed by atoms with E-state index >= 15 is 0 Å². The number of carbonyl (C=O) groups is 1. The quantitative estimate of drug-likeness (QED) is 0.772. The van der Waals surface area contributed by atoms with E-state index in [1.54, 1.807) is 12.3 Å². The van der Waals surface area contributed by atoms with Gasteiger partial charge in [-0.25, -0.2) is 4.79 Å². The van der Waals surface area contributed by atoms with Crippen molar-refractivity contribution in [3.05, 3.63) is 42.6 Å². The first-order chi connectivity index (χ1) is 8.46. The van der Waals surface area contributed by atoms with Gasteiger partial charge in [-0.05, 0) is 26.8 Å². The fourth-order valence-electron chi connectivity index (χ4n) is 1.50. The van der Waals surface area contributed by atoms with E-state index in [0.29, 0.717) is 0 Å². The lowest BCUT2D eigenvalue weighted by atomic mass is 10.2. The third-order valence-corrected chi connectivity index (χ3v) is 2.24. The average molecular weight is 244 g/mol. The van der Waals surface area contributed by atoms with Crippen LogP contribution < -0.4 is 0 Å². The zero-order valence-electron chi connectivity index (χ0n) is 10.8. The molecule has 0 N–H and O–H groups in total. The molecule has 0 spiro atoms. The molecule has 1 aromatic carbocycles. The van der Waals surface area contributed by atoms with Crippen molar-refractivity contribution in [1.29, 1.82) is 0 Å². The molecule has 0 fully saturated rings. The van der Waals surface area contributed by atoms with Crippen LogP contribution in [0.1, 0.15) is 20.8 Å². The van der Waals surface area contributed by atoms with Crippen molar-refractivity contribution >= 4 is 6.09 Å². The Morgan fingerprint density at radius 1 is 1.17 bits per heavy atom. The topological polar surface area (TPSA) is 44.1 Å². The second-order valence-corrected chi connectivity index (χ2v) is 4.99. The van der Waals surface area contributed by atoms with E-state index in [2.05, 4.69) is 5.10 Å². The maximum Gasteiger partial charge on any atom is 0.435 e. The molecular weight excluding hydrogens is 228 g/mol. The Bertz CT molecular complexity index is 538. The van der Waals surface area contributed by atoms with Crippen molar-refractivity contribution in [1.82, 2.24) is 9.78 Å². The Morgan fingerprint density at radius 3 is 2.44 bits per heavy atom. The molecule has 0 aliphatic heterocycles. The first-order valence-corrected chi connectivity index (χ1v) is 5.80. The third-order valence-electron chi connectivity index (χ3n) is 2.24. The maximum absolute atomic E-state index is 11.8. The SMILES string of the molecule is CC(C)(C)OC(=O)n1ccc(-c2ccccc2)n1. The summed E-state index contributed by atoms with van der Waals surface area (Å²) in [5.41, 5.74) is 1.21. The number of ether oxygens (including phenoxy) is 1. The summed E-state index contributed by atoms with van der Waals surface area (Å²) >= 11 is 0. The van der Waals surface area contributed by atoms with E-state index in [9.17, 15) is 4.79 Å². The average Bonchev–Trinajstić information content (AvgIpc) is 2.77. The van der Waals surface area contributed by atoms with Gasteiger partial charge in [0.1, 0.15) is 5.60 Å². The van der Waals surface area contributed by atoms with Gasteiger partial charge < -0.3 is 4.74 Å². The van der Waals surface area contributed by atoms with E-state index in [1.165, 1.54) is 4.68 Å². The summed E-state index contributed by atoms with van der Waals surface area (Å²) < 4.78 is 6.45. The van der Waals surface area contributed by atoms with E-state index in [0.717, 1.165) is 11.3 Å². The predicted octanol–water partition coefficient (Wildman–Crippen LogP) is 3.33. The smallest absolute Gasteiger partial charge is 0.435 e. The second kappa shape index (κ2) is 4.64. The molecule has 0 atom stereocenters. The summed E-state index contributed by atoms with van der Waals surface area (Å²) in [6, 6.07) is 11.5. The molecule has 0 aliphatic carbocycles. The van der Waals surface area contributed by atoms with E-state index in [-0.39, 0.29) is 0 Å². The molecule has 4 nitrogen and oxygen atoms in total. The summed E-state index contributed by atoms with van der Waals surface area (Å²) in [6.07, 6.45) is 1.14. The highest BCUT2D eigenvalue weighted by atomic mass is 16.6. The number of hydrogen-bond donors (Lipinski definition) is 0. The Kier molecular flexibility index (Phi) is 3.19. The zero-order chi connectivity index (χ0) is 13.2. The van der Waals surface area contributed by atoms with Crippen LogP contribution in [0.5, 0.6) is 0 Å². The molecule has 0 saturated heterocycles. The number of nitrogens with zero attached hydrogens (tertiary/aromatic N) is 2. The minimum atomic E-state index is -0.518. The summed E-state index contributed by atoms with van der Waals surface area (Å²) in [7, 11) is 0. The number of carbonyl (C=O) groups excluding carboxylic acids is 1. The molecule has 0 bridgehead atoms. The number of rotatable bonds is 1. The van der Waals surface area contributed by atoms with Crippen LogP contribution in [0.25, 0.3) is 11.3 Å². The fraction of sp³-hybridized carbons (Fsp3) is 0.286. The van der Waals surface area contributed by atoms with Crippen molar-refractivity contribution in [3.8, 4) is 11.3 Å². The van der Waals surface area contributed by atoms with Crippen LogP contribution in [0, 0.1) is 0 Å². The Morgan fingerprint density at radius 2 is 1.83 bits per heavy atom. The fourth-order valence-corrected chi connectivity index (χ4v) is 1.50. The van der Waals surface area contributed by atoms with Gasteiger partial charge in [0.25, 0.3) is 0 Å². The van der Waals surface area contributed by atoms with Crippen molar-refractivity contribution in [2.45, 2.75) is 26.4 Å². The van der Waals surface area contributed by atoms with Gasteiger partial charge >= 0.3 is 6.09 Å². The van der Waals surface area contributed by atoms with E-state index in [4.69, 9.17) is 4.74 Å². The van der Waals surface area contributed by atoms with Crippen molar-refractivity contribution in [3.63, 3.8) is 0 Å². The number of hydrogen-bond acceptors (Lipinski definition) is 3. The van der Waals surface area contributed by atoms with Gasteiger partial charge in [-0.15, -0.1) is 0 Å². The molecule has 0 radical (unpaired) electrons. The van der Waals surface area contributed by atoms with Crippen LogP contribution in [0.2, 0.25) is 0 Å². The van der Waals surface area contributed by atoms with Gasteiger partial charge in [0, 0.05) is 11.8 Å². The molecule has 1 heterocycles. The highest BCUT2D eigenvalue weighted by Gasteiger charge is 2.18. The lowest BCUT2D eigenvalue weighted by molar-refractivity contribution is 0.0515. The summed E-state index contributed by atoms with van der Waals surface area (Å²) in [5, 5.41) is 4.21. The molecule has 0 aliphatic rings. The third kappa shape index (κ3) is 2.97. The largest absolute Gasteiger partial charge is 0.442 e. The van der Waals surface area contributed by atoms with Gasteiger partial charge in [0.05, 0.1) is 5.69 Å². The summed E-state index contributed by atoms with van der Waals surface area (Å²) in [4.78, 5) is 11.8. The summed E-state index contributed by atoms with van der Waals surface area (Å²) in [5.74, 6) is 0. The molecule has 0 unspecified atom stereocenters. The molecule has 2 rings (SSSR count). The predicted molar refractivity (Wildman–Crippen MR) is 69.3 cm³/mol. The first-order valence-electron chi connectivity index (χ1n) is 5.80. The van der Waals surface area contributed by atoms with Crippen LogP contribution in [0.3, 0.4) is 0 Å². The highest BCUT2D eigenvalue weighted by molar-refractivity contribution is 5.71. The molecule has 2 aromatic rings. The monoisotopic (exact) mass is 244 g/mol. The normalized spacial score (nSPS) is 11.3. The van der Waals surface area contributed by atoms with Crippen LogP contribution in [-0.2, 0) is 4.74 Å². The van der Waals surface area contributed by atoms with E-state index in [1.807, 2.05) is 51.1 Å². The molecule has 0 saturated carbocycles. The number of aromatic nitrogens is 2. The van der Waals surface area contributed by atoms with Gasteiger partial charge in [-0.2, -0.15) is 9.78 Å². The van der Waals surface area contributed by atoms with Crippen LogP contribution in [0.4, 0.5) is 4.79 Å². The van der Waals surface area contributed by atoms with Gasteiger partial charge in [-0.3, -0.25) is 0 Å². The van der Waals surface area contributed by atoms with Crippen LogP contribution in [0.15, 0.2) is 42.6 Å². The zero-order valence-corrected chi connectivity index (χ0v) is 10.8. The van der Waals surface area contributed by atoms with Gasteiger partial charge in [-0.1, -0.05) is 30.3 Å². The number of benzene rings is 1. The Hall–Kier alpha value is -2.10. The molecule has 18 heavy (non-hydrogen) atoms.